The van der Waals surface area contributed by atoms with E-state index in [0.717, 1.165) is 36.1 Å². The highest BCUT2D eigenvalue weighted by molar-refractivity contribution is 5.75. The van der Waals surface area contributed by atoms with Crippen LogP contribution in [0.15, 0.2) is 47.4 Å². The number of aliphatic hydroxyl groups excluding tert-OH is 1. The molecule has 1 aliphatic rings. The Labute approximate surface area is 150 Å². The first-order chi connectivity index (χ1) is 12.7. The third-order valence-corrected chi connectivity index (χ3v) is 4.72. The first-order valence-corrected chi connectivity index (χ1v) is 8.77. The number of rotatable bonds is 6. The van der Waals surface area contributed by atoms with Crippen LogP contribution in [0.2, 0.25) is 0 Å². The van der Waals surface area contributed by atoms with Crippen molar-refractivity contribution in [3.8, 4) is 0 Å². The van der Waals surface area contributed by atoms with Gasteiger partial charge in [-0.3, -0.25) is 9.36 Å². The molecule has 0 atom stereocenters. The van der Waals surface area contributed by atoms with Crippen LogP contribution < -0.4 is 16.2 Å². The Hall–Kier alpha value is -2.77. The molecule has 1 saturated heterocycles. The van der Waals surface area contributed by atoms with Gasteiger partial charge in [-0.05, 0) is 49.2 Å². The number of aliphatic hydroxyl groups is 1. The van der Waals surface area contributed by atoms with Gasteiger partial charge >= 0.3 is 0 Å². The quantitative estimate of drug-likeness (QED) is 0.625. The van der Waals surface area contributed by atoms with Gasteiger partial charge in [-0.25, -0.2) is 4.98 Å². The third kappa shape index (κ3) is 3.44. The van der Waals surface area contributed by atoms with E-state index in [1.54, 1.807) is 22.9 Å². The van der Waals surface area contributed by atoms with Gasteiger partial charge in [0.15, 0.2) is 0 Å². The van der Waals surface area contributed by atoms with Crippen LogP contribution in [0, 0.1) is 5.92 Å². The van der Waals surface area contributed by atoms with E-state index >= 15 is 0 Å². The molecule has 0 aliphatic carbocycles. The molecule has 3 aromatic rings. The molecule has 0 spiro atoms. The summed E-state index contributed by atoms with van der Waals surface area (Å²) in [5, 5.41) is 16.5. The first-order valence-electron chi connectivity index (χ1n) is 8.77. The van der Waals surface area contributed by atoms with Crippen LogP contribution in [-0.4, -0.2) is 32.7 Å². The largest absolute Gasteiger partial charge is 0.392 e. The van der Waals surface area contributed by atoms with E-state index in [1.165, 1.54) is 0 Å². The fraction of sp³-hybridized carbons (Fsp3) is 0.316. The Kier molecular flexibility index (Phi) is 4.64. The number of nitrogens with zero attached hydrogens (tertiary/aromatic N) is 3. The number of hydrogen-bond acceptors (Lipinski definition) is 6. The minimum absolute atomic E-state index is 0.0241. The van der Waals surface area contributed by atoms with Crippen LogP contribution >= 0.6 is 0 Å². The van der Waals surface area contributed by atoms with Gasteiger partial charge in [-0.2, -0.15) is 4.98 Å². The van der Waals surface area contributed by atoms with Crippen molar-refractivity contribution in [2.45, 2.75) is 19.6 Å². The molecule has 7 heteroatoms. The molecule has 3 heterocycles. The van der Waals surface area contributed by atoms with E-state index in [-0.39, 0.29) is 12.2 Å². The van der Waals surface area contributed by atoms with Crippen molar-refractivity contribution in [1.29, 1.82) is 0 Å². The predicted molar refractivity (Wildman–Crippen MR) is 100 cm³/mol. The number of benzene rings is 1. The van der Waals surface area contributed by atoms with Gasteiger partial charge in [0.05, 0.1) is 6.61 Å². The average molecular weight is 351 g/mol. The molecule has 0 saturated carbocycles. The zero-order valence-electron chi connectivity index (χ0n) is 14.4. The van der Waals surface area contributed by atoms with E-state index in [2.05, 4.69) is 20.6 Å². The predicted octanol–water partition coefficient (Wildman–Crippen LogP) is 1.64. The molecule has 26 heavy (non-hydrogen) atoms. The van der Waals surface area contributed by atoms with Gasteiger partial charge in [0.2, 0.25) is 5.95 Å². The van der Waals surface area contributed by atoms with E-state index in [1.807, 2.05) is 24.3 Å². The number of aryl methyl sites for hydroxylation is 1. The highest BCUT2D eigenvalue weighted by atomic mass is 16.3. The van der Waals surface area contributed by atoms with E-state index in [0.29, 0.717) is 24.1 Å². The number of aromatic nitrogens is 3. The molecule has 1 fully saturated rings. The number of anilines is 2. The monoisotopic (exact) mass is 351 g/mol. The number of fused-ring (bicyclic) bond motifs is 1. The SMILES string of the molecule is O=c1ccc2cnc(Nc3cccc(CO)c3)nc2n1CCC1CNC1. The summed E-state index contributed by atoms with van der Waals surface area (Å²) in [5.41, 5.74) is 2.19. The summed E-state index contributed by atoms with van der Waals surface area (Å²) in [5.74, 6) is 1.05. The lowest BCUT2D eigenvalue weighted by atomic mass is 9.99. The second kappa shape index (κ2) is 7.23. The molecular formula is C19H21N5O2. The van der Waals surface area contributed by atoms with Crippen LogP contribution in [0.25, 0.3) is 11.0 Å². The lowest BCUT2D eigenvalue weighted by Crippen LogP contribution is -2.42. The Morgan fingerprint density at radius 3 is 2.92 bits per heavy atom. The highest BCUT2D eigenvalue weighted by Crippen LogP contribution is 2.18. The van der Waals surface area contributed by atoms with E-state index in [9.17, 15) is 9.90 Å². The van der Waals surface area contributed by atoms with Crippen LogP contribution in [0.5, 0.6) is 0 Å². The number of hydrogen-bond donors (Lipinski definition) is 3. The summed E-state index contributed by atoms with van der Waals surface area (Å²) in [6, 6.07) is 10.8. The fourth-order valence-electron chi connectivity index (χ4n) is 3.09. The zero-order chi connectivity index (χ0) is 17.9. The van der Waals surface area contributed by atoms with Gasteiger partial charge in [-0.15, -0.1) is 0 Å². The molecule has 1 aliphatic heterocycles. The first kappa shape index (κ1) is 16.7. The molecule has 0 radical (unpaired) electrons. The smallest absolute Gasteiger partial charge is 0.252 e. The highest BCUT2D eigenvalue weighted by Gasteiger charge is 2.17. The molecule has 7 nitrogen and oxygen atoms in total. The molecular weight excluding hydrogens is 330 g/mol. The van der Waals surface area contributed by atoms with Crippen LogP contribution in [0.4, 0.5) is 11.6 Å². The van der Waals surface area contributed by atoms with Crippen molar-refractivity contribution >= 4 is 22.7 Å². The Bertz CT molecular complexity index is 981. The molecule has 0 amide bonds. The molecule has 0 bridgehead atoms. The van der Waals surface area contributed by atoms with Crippen molar-refractivity contribution in [2.24, 2.45) is 5.92 Å². The minimum atomic E-state index is -0.0447. The second-order valence-electron chi connectivity index (χ2n) is 6.59. The number of nitrogens with one attached hydrogen (secondary N) is 2. The summed E-state index contributed by atoms with van der Waals surface area (Å²) in [7, 11) is 0. The third-order valence-electron chi connectivity index (χ3n) is 4.72. The maximum Gasteiger partial charge on any atom is 0.252 e. The standard InChI is InChI=1S/C19H21N5O2/c25-12-13-2-1-3-16(8-13)22-19-21-11-15-4-5-17(26)24(18(15)23-19)7-6-14-9-20-10-14/h1-5,8,11,14,20,25H,6-7,9-10,12H2,(H,21,22,23). The summed E-state index contributed by atoms with van der Waals surface area (Å²) in [4.78, 5) is 21.3. The van der Waals surface area contributed by atoms with Crippen molar-refractivity contribution in [1.82, 2.24) is 19.9 Å². The molecule has 2 aromatic heterocycles. The maximum atomic E-state index is 12.3. The second-order valence-corrected chi connectivity index (χ2v) is 6.59. The van der Waals surface area contributed by atoms with Gasteiger partial charge in [0, 0.05) is 29.9 Å². The van der Waals surface area contributed by atoms with Crippen molar-refractivity contribution in [2.75, 3.05) is 18.4 Å². The lowest BCUT2D eigenvalue weighted by Gasteiger charge is -2.27. The number of pyridine rings is 1. The van der Waals surface area contributed by atoms with Crippen molar-refractivity contribution in [3.05, 3.63) is 58.5 Å². The topological polar surface area (TPSA) is 92.1 Å². The lowest BCUT2D eigenvalue weighted by molar-refractivity contribution is 0.282. The maximum absolute atomic E-state index is 12.3. The van der Waals surface area contributed by atoms with Crippen molar-refractivity contribution < 1.29 is 5.11 Å². The summed E-state index contributed by atoms with van der Waals surface area (Å²) < 4.78 is 1.73. The van der Waals surface area contributed by atoms with Crippen molar-refractivity contribution in [3.63, 3.8) is 0 Å². The minimum Gasteiger partial charge on any atom is -0.392 e. The van der Waals surface area contributed by atoms with Gasteiger partial charge in [0.1, 0.15) is 5.65 Å². The fourth-order valence-corrected chi connectivity index (χ4v) is 3.09. The van der Waals surface area contributed by atoms with Gasteiger partial charge in [0.25, 0.3) is 5.56 Å². The molecule has 134 valence electrons. The van der Waals surface area contributed by atoms with Gasteiger partial charge in [-0.1, -0.05) is 12.1 Å². The van der Waals surface area contributed by atoms with Crippen LogP contribution in [0.1, 0.15) is 12.0 Å². The van der Waals surface area contributed by atoms with Crippen LogP contribution in [-0.2, 0) is 13.2 Å². The average Bonchev–Trinajstić information content (AvgIpc) is 2.62. The Morgan fingerprint density at radius 2 is 2.15 bits per heavy atom. The van der Waals surface area contributed by atoms with E-state index < -0.39 is 0 Å². The molecule has 0 unspecified atom stereocenters. The zero-order valence-corrected chi connectivity index (χ0v) is 14.4. The molecule has 4 rings (SSSR count). The van der Waals surface area contributed by atoms with Crippen LogP contribution in [0.3, 0.4) is 0 Å². The summed E-state index contributed by atoms with van der Waals surface area (Å²) in [6.45, 7) is 2.66. The normalized spacial score (nSPS) is 14.3. The Morgan fingerprint density at radius 1 is 1.27 bits per heavy atom. The Balaban J connectivity index is 1.64. The summed E-state index contributed by atoms with van der Waals surface area (Å²) in [6.07, 6.45) is 2.68. The molecule has 3 N–H and O–H groups in total. The van der Waals surface area contributed by atoms with E-state index in [4.69, 9.17) is 0 Å². The summed E-state index contributed by atoms with van der Waals surface area (Å²) >= 11 is 0. The molecule has 1 aromatic carbocycles. The van der Waals surface area contributed by atoms with Gasteiger partial charge < -0.3 is 15.7 Å².